The normalized spacial score (nSPS) is 10.7. The van der Waals surface area contributed by atoms with Crippen LogP contribution in [0.4, 0.5) is 0 Å². The molecule has 0 saturated heterocycles. The van der Waals surface area contributed by atoms with E-state index in [1.54, 1.807) is 24.5 Å². The fraction of sp³-hybridized carbons (Fsp3) is 0.0909. The van der Waals surface area contributed by atoms with E-state index < -0.39 is 0 Å². The lowest BCUT2D eigenvalue weighted by Gasteiger charge is -1.94. The van der Waals surface area contributed by atoms with E-state index in [0.717, 1.165) is 0 Å². The Bertz CT molecular complexity index is 1130. The molecule has 0 aliphatic rings. The first-order valence-electron chi connectivity index (χ1n) is 6.23. The number of hydrogen-bond acceptors (Lipinski definition) is 7. The monoisotopic (exact) mass is 350 g/mol. The van der Waals surface area contributed by atoms with Gasteiger partial charge >= 0.3 is 11.4 Å². The van der Waals surface area contributed by atoms with Crippen molar-refractivity contribution < 1.29 is 0 Å². The third-order valence-corrected chi connectivity index (χ3v) is 3.51. The van der Waals surface area contributed by atoms with Crippen molar-refractivity contribution in [3.05, 3.63) is 50.3 Å². The van der Waals surface area contributed by atoms with E-state index in [9.17, 15) is 9.59 Å². The zero-order valence-electron chi connectivity index (χ0n) is 11.7. The molecule has 4 aromatic heterocycles. The van der Waals surface area contributed by atoms with E-state index in [0.29, 0.717) is 16.5 Å². The molecule has 0 aromatic carbocycles. The minimum absolute atomic E-state index is 0.203. The van der Waals surface area contributed by atoms with Gasteiger partial charge in [0.25, 0.3) is 0 Å². The van der Waals surface area contributed by atoms with Gasteiger partial charge in [-0.2, -0.15) is 14.1 Å². The Morgan fingerprint density at radius 1 is 1.13 bits per heavy atom. The summed E-state index contributed by atoms with van der Waals surface area (Å²) < 4.78 is 2.70. The van der Waals surface area contributed by atoms with Crippen LogP contribution in [0, 0.1) is 4.77 Å². The van der Waals surface area contributed by atoms with Crippen molar-refractivity contribution >= 4 is 35.3 Å². The molecule has 12 heteroatoms. The van der Waals surface area contributed by atoms with Crippen molar-refractivity contribution in [2.75, 3.05) is 6.26 Å². The van der Waals surface area contributed by atoms with Gasteiger partial charge in [-0.15, -0.1) is 0 Å². The van der Waals surface area contributed by atoms with Crippen LogP contribution in [0.25, 0.3) is 11.3 Å². The molecule has 0 radical (unpaired) electrons. The highest BCUT2D eigenvalue weighted by Gasteiger charge is 2.01. The van der Waals surface area contributed by atoms with Crippen LogP contribution in [0.3, 0.4) is 0 Å². The van der Waals surface area contributed by atoms with Crippen molar-refractivity contribution in [2.45, 2.75) is 5.16 Å². The maximum absolute atomic E-state index is 11.2. The lowest BCUT2D eigenvalue weighted by atomic mass is 10.7. The number of H-pyrrole nitrogens is 3. The van der Waals surface area contributed by atoms with Crippen molar-refractivity contribution in [3.8, 4) is 0 Å². The highest BCUT2D eigenvalue weighted by molar-refractivity contribution is 7.98. The predicted octanol–water partition coefficient (Wildman–Crippen LogP) is 0.220. The molecule has 4 heterocycles. The minimum Gasteiger partial charge on any atom is -0.296 e. The van der Waals surface area contributed by atoms with Gasteiger partial charge in [0.1, 0.15) is 0 Å². The average Bonchev–Trinajstić information content (AvgIpc) is 3.16. The lowest BCUT2D eigenvalue weighted by Crippen LogP contribution is -2.18. The van der Waals surface area contributed by atoms with Crippen molar-refractivity contribution in [3.63, 3.8) is 0 Å². The maximum atomic E-state index is 11.2. The number of aromatic amines is 3. The number of fused-ring (bicyclic) bond motifs is 2. The minimum atomic E-state index is -0.301. The standard InChI is InChI=1S/C6H6N4OS.C5H4N4OS/c1-12-5-8-4-2-3-7-10(4)6(11)9-5;10-5-8-4(11)7-3-1-2-6-9(3)5/h2-3H,1H3,(H,8,9,11);1-2,6H,(H,8,10,11). The third kappa shape index (κ3) is 3.07. The average molecular weight is 350 g/mol. The molecule has 0 spiro atoms. The van der Waals surface area contributed by atoms with E-state index in [1.807, 2.05) is 6.26 Å². The Hall–Kier alpha value is -2.73. The summed E-state index contributed by atoms with van der Waals surface area (Å²) in [5.74, 6) is 0. The molecule has 0 fully saturated rings. The van der Waals surface area contributed by atoms with Crippen LogP contribution >= 0.6 is 24.0 Å². The molecule has 0 amide bonds. The van der Waals surface area contributed by atoms with E-state index in [2.05, 4.69) is 30.1 Å². The van der Waals surface area contributed by atoms with Gasteiger partial charge in [0.15, 0.2) is 16.5 Å². The summed E-state index contributed by atoms with van der Waals surface area (Å²) in [6, 6.07) is 3.36. The lowest BCUT2D eigenvalue weighted by molar-refractivity contribution is 0.787. The summed E-state index contributed by atoms with van der Waals surface area (Å²) in [5, 5.41) is 7.08. The van der Waals surface area contributed by atoms with Crippen LogP contribution in [-0.4, -0.2) is 45.4 Å². The highest BCUT2D eigenvalue weighted by atomic mass is 32.2. The van der Waals surface area contributed by atoms with E-state index in [4.69, 9.17) is 12.2 Å². The zero-order chi connectivity index (χ0) is 16.4. The van der Waals surface area contributed by atoms with Gasteiger partial charge in [0, 0.05) is 18.3 Å². The van der Waals surface area contributed by atoms with E-state index >= 15 is 0 Å². The van der Waals surface area contributed by atoms with E-state index in [-0.39, 0.29) is 16.2 Å². The van der Waals surface area contributed by atoms with Crippen molar-refractivity contribution in [1.82, 2.24) is 39.2 Å². The second-order valence-corrected chi connectivity index (χ2v) is 5.34. The molecule has 0 aliphatic carbocycles. The Kier molecular flexibility index (Phi) is 4.08. The van der Waals surface area contributed by atoms with Gasteiger partial charge in [-0.3, -0.25) is 15.1 Å². The molecule has 0 bridgehead atoms. The molecule has 4 aromatic rings. The van der Waals surface area contributed by atoms with Gasteiger partial charge in [-0.1, -0.05) is 11.8 Å². The van der Waals surface area contributed by atoms with Crippen LogP contribution in [0.1, 0.15) is 0 Å². The first-order valence-corrected chi connectivity index (χ1v) is 7.86. The molecule has 3 N–H and O–H groups in total. The number of thioether (sulfide) groups is 1. The highest BCUT2D eigenvalue weighted by Crippen LogP contribution is 2.05. The van der Waals surface area contributed by atoms with Crippen molar-refractivity contribution in [2.24, 2.45) is 0 Å². The van der Waals surface area contributed by atoms with Crippen LogP contribution in [0.15, 0.2) is 39.3 Å². The van der Waals surface area contributed by atoms with Crippen LogP contribution in [0.2, 0.25) is 0 Å². The Morgan fingerprint density at radius 2 is 1.96 bits per heavy atom. The first kappa shape index (κ1) is 15.2. The number of hydrogen-bond donors (Lipinski definition) is 3. The molecule has 0 atom stereocenters. The third-order valence-electron chi connectivity index (χ3n) is 2.74. The molecule has 0 unspecified atom stereocenters. The van der Waals surface area contributed by atoms with Crippen LogP contribution < -0.4 is 11.4 Å². The quantitative estimate of drug-likeness (QED) is 0.331. The van der Waals surface area contributed by atoms with Gasteiger partial charge in [0.05, 0.1) is 6.20 Å². The van der Waals surface area contributed by atoms with Gasteiger partial charge in [-0.05, 0) is 18.5 Å². The Balaban J connectivity index is 0.000000136. The van der Waals surface area contributed by atoms with Crippen molar-refractivity contribution in [1.29, 1.82) is 0 Å². The molecule has 4 rings (SSSR count). The largest absolute Gasteiger partial charge is 0.350 e. The summed E-state index contributed by atoms with van der Waals surface area (Å²) in [7, 11) is 0. The number of nitrogens with one attached hydrogen (secondary N) is 3. The fourth-order valence-corrected chi connectivity index (χ4v) is 2.32. The zero-order valence-corrected chi connectivity index (χ0v) is 13.3. The predicted molar refractivity (Wildman–Crippen MR) is 86.4 cm³/mol. The molecule has 23 heavy (non-hydrogen) atoms. The Morgan fingerprint density at radius 3 is 2.74 bits per heavy atom. The smallest absolute Gasteiger partial charge is 0.296 e. The SMILES string of the molecule is CSc1nc2ccnn2c(=O)[nH]1.O=c1[nH]c(=S)nc2cc[nH]n12. The Labute approximate surface area is 136 Å². The van der Waals surface area contributed by atoms with E-state index in [1.165, 1.54) is 20.8 Å². The summed E-state index contributed by atoms with van der Waals surface area (Å²) in [4.78, 5) is 35.2. The molecule has 0 saturated carbocycles. The summed E-state index contributed by atoms with van der Waals surface area (Å²) in [6.07, 6.45) is 5.01. The summed E-state index contributed by atoms with van der Waals surface area (Å²) >= 11 is 6.09. The number of aromatic nitrogens is 8. The van der Waals surface area contributed by atoms with Gasteiger partial charge in [0.2, 0.25) is 4.77 Å². The summed E-state index contributed by atoms with van der Waals surface area (Å²) in [6.45, 7) is 0. The second kappa shape index (κ2) is 6.18. The molecular weight excluding hydrogens is 340 g/mol. The van der Waals surface area contributed by atoms with Crippen LogP contribution in [-0.2, 0) is 0 Å². The van der Waals surface area contributed by atoms with Gasteiger partial charge in [-0.25, -0.2) is 19.6 Å². The maximum Gasteiger partial charge on any atom is 0.350 e. The van der Waals surface area contributed by atoms with Crippen LogP contribution in [0.5, 0.6) is 0 Å². The number of nitrogens with zero attached hydrogens (tertiary/aromatic N) is 5. The molecule has 118 valence electrons. The molecular formula is C11H10N8O2S2. The molecule has 0 aliphatic heterocycles. The first-order chi connectivity index (χ1) is 11.1. The fourth-order valence-electron chi connectivity index (χ4n) is 1.77. The summed E-state index contributed by atoms with van der Waals surface area (Å²) in [5.41, 5.74) is 0.543. The topological polar surface area (TPSA) is 129 Å². The molecule has 10 nitrogen and oxygen atoms in total. The second-order valence-electron chi connectivity index (χ2n) is 4.16. The van der Waals surface area contributed by atoms with Gasteiger partial charge < -0.3 is 0 Å². The number of rotatable bonds is 1.